The first kappa shape index (κ1) is 28.5. The van der Waals surface area contributed by atoms with Crippen LogP contribution in [0.5, 0.6) is 11.5 Å². The van der Waals surface area contributed by atoms with E-state index in [0.29, 0.717) is 30.2 Å². The van der Waals surface area contributed by atoms with Gasteiger partial charge in [0.1, 0.15) is 6.54 Å². The van der Waals surface area contributed by atoms with E-state index in [2.05, 4.69) is 10.6 Å². The summed E-state index contributed by atoms with van der Waals surface area (Å²) in [5.74, 6) is 0.293. The number of carbonyl (C=O) groups is 2. The summed E-state index contributed by atoms with van der Waals surface area (Å²) in [5, 5.41) is 5.55. The maximum atomic E-state index is 12.9. The number of sulfonamides is 1. The molecule has 3 rings (SSSR count). The van der Waals surface area contributed by atoms with Crippen molar-refractivity contribution < 1.29 is 27.5 Å². The first-order valence-electron chi connectivity index (χ1n) is 12.0. The van der Waals surface area contributed by atoms with Crippen LogP contribution in [0, 0.1) is 13.8 Å². The number of amides is 2. The summed E-state index contributed by atoms with van der Waals surface area (Å²) < 4.78 is 36.6. The van der Waals surface area contributed by atoms with Crippen molar-refractivity contribution in [3.8, 4) is 11.5 Å². The summed E-state index contributed by atoms with van der Waals surface area (Å²) in [4.78, 5) is 25.9. The Morgan fingerprint density at radius 3 is 2.18 bits per heavy atom. The van der Waals surface area contributed by atoms with Crippen molar-refractivity contribution in [1.29, 1.82) is 0 Å². The molecule has 0 aliphatic heterocycles. The third kappa shape index (κ3) is 7.48. The lowest BCUT2D eigenvalue weighted by Gasteiger charge is -2.23. The number of nitrogens with zero attached hydrogens (tertiary/aromatic N) is 1. The van der Waals surface area contributed by atoms with Gasteiger partial charge in [-0.3, -0.25) is 13.9 Å². The Hall–Kier alpha value is -4.05. The van der Waals surface area contributed by atoms with Crippen molar-refractivity contribution >= 4 is 33.2 Å². The molecule has 0 unspecified atom stereocenters. The molecule has 3 aromatic rings. The number of ether oxygens (including phenoxy) is 2. The highest BCUT2D eigenvalue weighted by Crippen LogP contribution is 2.27. The Bertz CT molecular complexity index is 1400. The zero-order chi connectivity index (χ0) is 27.9. The standard InChI is InChI=1S/C28H33N3O6S/c1-19-14-20(2)16-22(15-19)31(38(5,34)35)18-27(32)30-24-9-7-6-8-23(24)28(33)29-13-12-21-10-11-25(36-3)26(17-21)37-4/h6-11,14-17H,12-13,18H2,1-5H3,(H,29,33)(H,30,32). The second kappa shape index (κ2) is 12.5. The summed E-state index contributed by atoms with van der Waals surface area (Å²) in [6.45, 7) is 3.64. The fourth-order valence-corrected chi connectivity index (χ4v) is 4.90. The van der Waals surface area contributed by atoms with Crippen molar-refractivity contribution in [3.05, 3.63) is 82.9 Å². The zero-order valence-electron chi connectivity index (χ0n) is 22.2. The number of methoxy groups -OCH3 is 2. The minimum absolute atomic E-state index is 0.269. The second-order valence-electron chi connectivity index (χ2n) is 8.90. The Morgan fingerprint density at radius 2 is 1.55 bits per heavy atom. The van der Waals surface area contributed by atoms with Crippen LogP contribution in [-0.2, 0) is 21.2 Å². The molecular formula is C28H33N3O6S. The smallest absolute Gasteiger partial charge is 0.253 e. The van der Waals surface area contributed by atoms with Crippen molar-refractivity contribution in [2.75, 3.05) is 43.2 Å². The van der Waals surface area contributed by atoms with Gasteiger partial charge in [-0.25, -0.2) is 8.42 Å². The largest absolute Gasteiger partial charge is 0.493 e. The van der Waals surface area contributed by atoms with E-state index in [0.717, 1.165) is 27.3 Å². The van der Waals surface area contributed by atoms with Gasteiger partial charge >= 0.3 is 0 Å². The van der Waals surface area contributed by atoms with Crippen LogP contribution < -0.4 is 24.4 Å². The number of rotatable bonds is 11. The zero-order valence-corrected chi connectivity index (χ0v) is 23.0. The lowest BCUT2D eigenvalue weighted by molar-refractivity contribution is -0.114. The van der Waals surface area contributed by atoms with E-state index in [-0.39, 0.29) is 17.2 Å². The SMILES string of the molecule is COc1ccc(CCNC(=O)c2ccccc2NC(=O)CN(c2cc(C)cc(C)c2)S(C)(=O)=O)cc1OC. The molecule has 0 aliphatic carbocycles. The number of hydrogen-bond donors (Lipinski definition) is 2. The first-order valence-corrected chi connectivity index (χ1v) is 13.8. The maximum Gasteiger partial charge on any atom is 0.253 e. The van der Waals surface area contributed by atoms with Crippen LogP contribution in [0.25, 0.3) is 0 Å². The Labute approximate surface area is 223 Å². The van der Waals surface area contributed by atoms with Gasteiger partial charge in [-0.2, -0.15) is 0 Å². The molecule has 0 bridgehead atoms. The van der Waals surface area contributed by atoms with E-state index in [1.54, 1.807) is 56.7 Å². The van der Waals surface area contributed by atoms with Crippen LogP contribution in [0.3, 0.4) is 0 Å². The van der Waals surface area contributed by atoms with Crippen LogP contribution in [0.4, 0.5) is 11.4 Å². The van der Waals surface area contributed by atoms with Gasteiger partial charge in [0.15, 0.2) is 11.5 Å². The van der Waals surface area contributed by atoms with Gasteiger partial charge in [0.2, 0.25) is 15.9 Å². The van der Waals surface area contributed by atoms with Crippen molar-refractivity contribution in [2.45, 2.75) is 20.3 Å². The number of aryl methyl sites for hydroxylation is 2. The minimum atomic E-state index is -3.74. The number of para-hydroxylation sites is 1. The third-order valence-corrected chi connectivity index (χ3v) is 6.92. The van der Waals surface area contributed by atoms with E-state index in [9.17, 15) is 18.0 Å². The monoisotopic (exact) mass is 539 g/mol. The Kier molecular flexibility index (Phi) is 9.35. The van der Waals surface area contributed by atoms with Gasteiger partial charge in [0.25, 0.3) is 5.91 Å². The van der Waals surface area contributed by atoms with Gasteiger partial charge in [-0.1, -0.05) is 24.3 Å². The molecule has 0 aromatic heterocycles. The van der Waals surface area contributed by atoms with Crippen LogP contribution in [0.1, 0.15) is 27.0 Å². The Morgan fingerprint density at radius 1 is 0.895 bits per heavy atom. The van der Waals surface area contributed by atoms with Crippen molar-refractivity contribution in [2.24, 2.45) is 0 Å². The summed E-state index contributed by atoms with van der Waals surface area (Å²) in [5.41, 5.74) is 3.67. The van der Waals surface area contributed by atoms with Crippen LogP contribution in [0.2, 0.25) is 0 Å². The number of carbonyl (C=O) groups excluding carboxylic acids is 2. The topological polar surface area (TPSA) is 114 Å². The fraction of sp³-hybridized carbons (Fsp3) is 0.286. The second-order valence-corrected chi connectivity index (χ2v) is 10.8. The lowest BCUT2D eigenvalue weighted by atomic mass is 10.1. The highest BCUT2D eigenvalue weighted by atomic mass is 32.2. The molecule has 2 N–H and O–H groups in total. The average molecular weight is 540 g/mol. The molecule has 0 saturated carbocycles. The van der Waals surface area contributed by atoms with E-state index in [1.807, 2.05) is 32.0 Å². The lowest BCUT2D eigenvalue weighted by Crippen LogP contribution is -2.38. The molecule has 10 heteroatoms. The number of nitrogens with one attached hydrogen (secondary N) is 2. The molecule has 0 heterocycles. The molecule has 2 amide bonds. The third-order valence-electron chi connectivity index (χ3n) is 5.77. The van der Waals surface area contributed by atoms with Crippen molar-refractivity contribution in [3.63, 3.8) is 0 Å². The van der Waals surface area contributed by atoms with Crippen LogP contribution >= 0.6 is 0 Å². The van der Waals surface area contributed by atoms with Gasteiger partial charge in [-0.05, 0) is 73.4 Å². The number of hydrogen-bond acceptors (Lipinski definition) is 6. The molecule has 3 aromatic carbocycles. The van der Waals surface area contributed by atoms with E-state index >= 15 is 0 Å². The van der Waals surface area contributed by atoms with Gasteiger partial charge in [-0.15, -0.1) is 0 Å². The van der Waals surface area contributed by atoms with Gasteiger partial charge < -0.3 is 20.1 Å². The molecular weight excluding hydrogens is 506 g/mol. The molecule has 0 fully saturated rings. The summed E-state index contributed by atoms with van der Waals surface area (Å²) in [6.07, 6.45) is 1.61. The van der Waals surface area contributed by atoms with Crippen molar-refractivity contribution in [1.82, 2.24) is 5.32 Å². The maximum absolute atomic E-state index is 12.9. The minimum Gasteiger partial charge on any atom is -0.493 e. The van der Waals surface area contributed by atoms with Gasteiger partial charge in [0.05, 0.1) is 37.4 Å². The molecule has 0 saturated heterocycles. The van der Waals surface area contributed by atoms with E-state index in [4.69, 9.17) is 9.47 Å². The fourth-order valence-electron chi connectivity index (χ4n) is 4.06. The quantitative estimate of drug-likeness (QED) is 0.384. The Balaban J connectivity index is 1.69. The molecule has 202 valence electrons. The summed E-state index contributed by atoms with van der Waals surface area (Å²) in [7, 11) is -0.610. The van der Waals surface area contributed by atoms with Crippen LogP contribution in [0.15, 0.2) is 60.7 Å². The number of anilines is 2. The summed E-state index contributed by atoms with van der Waals surface area (Å²) in [6, 6.07) is 17.5. The number of benzene rings is 3. The highest BCUT2D eigenvalue weighted by molar-refractivity contribution is 7.92. The summed E-state index contributed by atoms with van der Waals surface area (Å²) >= 11 is 0. The normalized spacial score (nSPS) is 11.0. The average Bonchev–Trinajstić information content (AvgIpc) is 2.86. The molecule has 0 aliphatic rings. The molecule has 0 radical (unpaired) electrons. The highest BCUT2D eigenvalue weighted by Gasteiger charge is 2.22. The molecule has 9 nitrogen and oxygen atoms in total. The van der Waals surface area contributed by atoms with E-state index in [1.165, 1.54) is 0 Å². The molecule has 0 spiro atoms. The predicted octanol–water partition coefficient (Wildman–Crippen LogP) is 3.70. The first-order chi connectivity index (χ1) is 18.0. The van der Waals surface area contributed by atoms with Crippen LogP contribution in [-0.4, -0.2) is 53.8 Å². The molecule has 0 atom stereocenters. The molecule has 38 heavy (non-hydrogen) atoms. The van der Waals surface area contributed by atoms with E-state index < -0.39 is 22.5 Å². The van der Waals surface area contributed by atoms with Gasteiger partial charge in [0, 0.05) is 6.54 Å². The predicted molar refractivity (Wildman–Crippen MR) is 149 cm³/mol.